The van der Waals surface area contributed by atoms with Crippen LogP contribution < -0.4 is 10.2 Å². The van der Waals surface area contributed by atoms with Gasteiger partial charge >= 0.3 is 0 Å². The van der Waals surface area contributed by atoms with Crippen molar-refractivity contribution in [2.24, 2.45) is 0 Å². The van der Waals surface area contributed by atoms with Crippen LogP contribution in [0.25, 0.3) is 5.13 Å². The van der Waals surface area contributed by atoms with E-state index in [1.807, 2.05) is 34.5 Å². The fraction of sp³-hybridized carbons (Fsp3) is 0.174. The van der Waals surface area contributed by atoms with Crippen molar-refractivity contribution in [1.29, 1.82) is 0 Å². The number of para-hydroxylation sites is 1. The number of anilines is 1. The highest BCUT2D eigenvalue weighted by atomic mass is 32.1. The second-order valence-electron chi connectivity index (χ2n) is 7.42. The lowest BCUT2D eigenvalue weighted by Gasteiger charge is -2.28. The molecule has 0 saturated carbocycles. The number of nitrogens with zero attached hydrogens (tertiary/aromatic N) is 4. The average molecular weight is 450 g/mol. The molecule has 1 aromatic carbocycles. The van der Waals surface area contributed by atoms with Gasteiger partial charge in [-0.25, -0.2) is 9.37 Å². The number of nitrogens with one attached hydrogen (secondary N) is 1. The van der Waals surface area contributed by atoms with E-state index < -0.39 is 0 Å². The first-order valence-electron chi connectivity index (χ1n) is 9.90. The molecule has 156 valence electrons. The van der Waals surface area contributed by atoms with Crippen molar-refractivity contribution >= 4 is 34.4 Å². The van der Waals surface area contributed by atoms with Gasteiger partial charge in [-0.15, -0.1) is 11.3 Å². The molecule has 1 aliphatic rings. The Hall–Kier alpha value is -3.10. The molecule has 8 heteroatoms. The van der Waals surface area contributed by atoms with Gasteiger partial charge in [-0.2, -0.15) is 0 Å². The van der Waals surface area contributed by atoms with Crippen LogP contribution in [0.5, 0.6) is 0 Å². The van der Waals surface area contributed by atoms with Gasteiger partial charge in [-0.1, -0.05) is 18.2 Å². The summed E-state index contributed by atoms with van der Waals surface area (Å²) in [5.74, 6) is -0.313. The molecule has 3 aromatic heterocycles. The Morgan fingerprint density at radius 2 is 1.87 bits per heavy atom. The maximum Gasteiger partial charge on any atom is 0.193 e. The van der Waals surface area contributed by atoms with Crippen LogP contribution in [0, 0.1) is 19.7 Å². The lowest BCUT2D eigenvalue weighted by Crippen LogP contribution is -2.30. The standard InChI is InChI=1S/C23H20FN5S2/c1-14-13-16(15(2)28(14)23-26-11-12-31-23)21-20(18-8-5-6-10-25-18)27-22(30)29(21)19-9-4-3-7-17(19)24/h3-13,20-21H,1-2H3,(H,27,30)/t20-,21+/m1/s1. The minimum absolute atomic E-state index is 0.224. The van der Waals surface area contributed by atoms with Crippen molar-refractivity contribution < 1.29 is 4.39 Å². The van der Waals surface area contributed by atoms with Crippen LogP contribution in [0.1, 0.15) is 34.7 Å². The first kappa shape index (κ1) is 19.8. The van der Waals surface area contributed by atoms with E-state index in [-0.39, 0.29) is 17.9 Å². The summed E-state index contributed by atoms with van der Waals surface area (Å²) < 4.78 is 17.0. The molecule has 0 radical (unpaired) electrons. The first-order chi connectivity index (χ1) is 15.1. The molecule has 1 saturated heterocycles. The number of benzene rings is 1. The molecular weight excluding hydrogens is 429 g/mol. The molecule has 1 N–H and O–H groups in total. The summed E-state index contributed by atoms with van der Waals surface area (Å²) in [5.41, 5.74) is 4.47. The smallest absolute Gasteiger partial charge is 0.193 e. The third kappa shape index (κ3) is 3.32. The third-order valence-electron chi connectivity index (χ3n) is 5.61. The summed E-state index contributed by atoms with van der Waals surface area (Å²) in [4.78, 5) is 10.9. The molecule has 1 aliphatic heterocycles. The van der Waals surface area contributed by atoms with E-state index in [4.69, 9.17) is 12.2 Å². The van der Waals surface area contributed by atoms with Crippen LogP contribution in [0.4, 0.5) is 10.1 Å². The van der Waals surface area contributed by atoms with Crippen molar-refractivity contribution in [3.05, 3.63) is 94.8 Å². The van der Waals surface area contributed by atoms with E-state index >= 15 is 0 Å². The molecule has 4 aromatic rings. The highest BCUT2D eigenvalue weighted by molar-refractivity contribution is 7.80. The van der Waals surface area contributed by atoms with Crippen molar-refractivity contribution in [3.63, 3.8) is 0 Å². The molecule has 0 spiro atoms. The molecule has 0 amide bonds. The van der Waals surface area contributed by atoms with Gasteiger partial charge in [0.05, 0.1) is 23.5 Å². The quantitative estimate of drug-likeness (QED) is 0.431. The largest absolute Gasteiger partial charge is 0.351 e. The number of aromatic nitrogens is 3. The second kappa shape index (κ2) is 7.86. The Bertz CT molecular complexity index is 1240. The topological polar surface area (TPSA) is 46.0 Å². The van der Waals surface area contributed by atoms with Gasteiger partial charge in [-0.05, 0) is 62.0 Å². The molecule has 5 rings (SSSR count). The van der Waals surface area contributed by atoms with Gasteiger partial charge in [-0.3, -0.25) is 9.55 Å². The lowest BCUT2D eigenvalue weighted by molar-refractivity contribution is 0.556. The molecule has 0 unspecified atom stereocenters. The minimum Gasteiger partial charge on any atom is -0.351 e. The number of aryl methyl sites for hydroxylation is 1. The number of pyridine rings is 1. The van der Waals surface area contributed by atoms with Gasteiger partial charge in [0.2, 0.25) is 0 Å². The number of thiazole rings is 1. The molecular formula is C23H20FN5S2. The normalized spacial score (nSPS) is 18.4. The Morgan fingerprint density at radius 3 is 2.58 bits per heavy atom. The van der Waals surface area contributed by atoms with Crippen LogP contribution in [0.3, 0.4) is 0 Å². The Kier molecular flexibility index (Phi) is 5.03. The van der Waals surface area contributed by atoms with Crippen molar-refractivity contribution in [2.45, 2.75) is 25.9 Å². The summed E-state index contributed by atoms with van der Waals surface area (Å²) in [7, 11) is 0. The Labute approximate surface area is 189 Å². The monoisotopic (exact) mass is 449 g/mol. The molecule has 0 aliphatic carbocycles. The van der Waals surface area contributed by atoms with Gasteiger partial charge in [0.1, 0.15) is 5.82 Å². The van der Waals surface area contributed by atoms with Gasteiger partial charge in [0, 0.05) is 29.2 Å². The number of rotatable bonds is 4. The number of hydrogen-bond donors (Lipinski definition) is 1. The van der Waals surface area contributed by atoms with Gasteiger partial charge in [0.25, 0.3) is 0 Å². The summed E-state index contributed by atoms with van der Waals surface area (Å²) in [6.45, 7) is 4.13. The Balaban J connectivity index is 1.70. The molecule has 1 fully saturated rings. The highest BCUT2D eigenvalue weighted by Gasteiger charge is 2.43. The van der Waals surface area contributed by atoms with Gasteiger partial charge < -0.3 is 10.2 Å². The van der Waals surface area contributed by atoms with Crippen molar-refractivity contribution in [3.8, 4) is 5.13 Å². The van der Waals surface area contributed by atoms with Crippen LogP contribution in [-0.4, -0.2) is 19.6 Å². The van der Waals surface area contributed by atoms with Crippen molar-refractivity contribution in [2.75, 3.05) is 4.90 Å². The van der Waals surface area contributed by atoms with E-state index in [2.05, 4.69) is 39.8 Å². The fourth-order valence-corrected chi connectivity index (χ4v) is 5.38. The zero-order valence-corrected chi connectivity index (χ0v) is 18.6. The van der Waals surface area contributed by atoms with Crippen molar-refractivity contribution in [1.82, 2.24) is 19.9 Å². The number of halogens is 1. The SMILES string of the molecule is Cc1cc([C@H]2[C@@H](c3ccccn3)NC(=S)N2c2ccccc2F)c(C)n1-c1nccs1. The van der Waals surface area contributed by atoms with Crippen LogP contribution in [0.15, 0.2) is 66.3 Å². The molecule has 0 bridgehead atoms. The predicted octanol–water partition coefficient (Wildman–Crippen LogP) is 5.26. The highest BCUT2D eigenvalue weighted by Crippen LogP contribution is 2.44. The summed E-state index contributed by atoms with van der Waals surface area (Å²) >= 11 is 7.28. The van der Waals surface area contributed by atoms with Crippen LogP contribution in [0.2, 0.25) is 0 Å². The van der Waals surface area contributed by atoms with Gasteiger partial charge in [0.15, 0.2) is 10.2 Å². The molecule has 31 heavy (non-hydrogen) atoms. The van der Waals surface area contributed by atoms with Crippen LogP contribution in [-0.2, 0) is 0 Å². The van der Waals surface area contributed by atoms with E-state index in [0.717, 1.165) is 27.8 Å². The maximum atomic E-state index is 14.9. The Morgan fingerprint density at radius 1 is 1.06 bits per heavy atom. The second-order valence-corrected chi connectivity index (χ2v) is 8.68. The van der Waals surface area contributed by atoms with Crippen LogP contribution >= 0.6 is 23.6 Å². The molecule has 2 atom stereocenters. The summed E-state index contributed by atoms with van der Waals surface area (Å²) in [5, 5.41) is 6.73. The minimum atomic E-state index is -0.313. The average Bonchev–Trinajstić information content (AvgIpc) is 3.47. The zero-order valence-electron chi connectivity index (χ0n) is 17.0. The zero-order chi connectivity index (χ0) is 21.5. The van der Waals surface area contributed by atoms with E-state index in [0.29, 0.717) is 10.8 Å². The lowest BCUT2D eigenvalue weighted by atomic mass is 9.96. The fourth-order valence-electron chi connectivity index (χ4n) is 4.29. The summed E-state index contributed by atoms with van der Waals surface area (Å²) in [6.07, 6.45) is 3.56. The third-order valence-corrected chi connectivity index (χ3v) is 6.68. The van der Waals surface area contributed by atoms with E-state index in [1.165, 1.54) is 6.07 Å². The van der Waals surface area contributed by atoms with E-state index in [9.17, 15) is 4.39 Å². The maximum absolute atomic E-state index is 14.9. The molecule has 5 nitrogen and oxygen atoms in total. The first-order valence-corrected chi connectivity index (χ1v) is 11.2. The molecule has 4 heterocycles. The number of thiocarbonyl (C=S) groups is 1. The van der Waals surface area contributed by atoms with E-state index in [1.54, 1.807) is 35.9 Å². The predicted molar refractivity (Wildman–Crippen MR) is 125 cm³/mol. The summed E-state index contributed by atoms with van der Waals surface area (Å²) in [6, 6.07) is 14.2. The number of hydrogen-bond acceptors (Lipinski definition) is 4.